The topological polar surface area (TPSA) is 3.24 Å². The van der Waals surface area contributed by atoms with E-state index in [1.165, 1.54) is 61.9 Å². The molecule has 3 heterocycles. The SMILES string of the molecule is CC12CC=CC=C1C1(C3=C(CCC=C3c3cccc4c3N(C3=CC=CCC3)C3CCC=CC43)S2)C2C=CCCC2SC2C=CCC(C3C=CC=CC3)C21. The standard InChI is InChI=1S/C50H53NS2/c1-49-32-13-12-31-45(49)50(40-26-9-11-28-42(40)52-43-29-15-22-35(46(43)50)33-17-4-2-5-18-33)47-37(23-16-30-44(47)53-49)39-25-14-24-38-36-21-8-10-27-41(36)51(48(38)39)34-19-6-3-7-20-34/h2-6,8-9,12-15,17,19,21,23-26,29,31,33,35-36,40-43,46H,7,10-11,16,18,20,22,27-28,30,32H2,1H3. The Morgan fingerprint density at radius 2 is 1.72 bits per heavy atom. The number of hydrogen-bond donors (Lipinski definition) is 0. The summed E-state index contributed by atoms with van der Waals surface area (Å²) in [5, 5.41) is 1.16. The molecule has 0 bridgehead atoms. The largest absolute Gasteiger partial charge is 0.340 e. The molecule has 10 aliphatic rings. The highest BCUT2D eigenvalue weighted by Crippen LogP contribution is 2.74. The Hall–Kier alpha value is -3.14. The maximum absolute atomic E-state index is 2.86. The third-order valence-corrected chi connectivity index (χ3v) is 17.9. The molecule has 7 aliphatic carbocycles. The molecule has 0 radical (unpaired) electrons. The molecule has 0 saturated carbocycles. The van der Waals surface area contributed by atoms with Crippen LogP contribution in [0.5, 0.6) is 0 Å². The minimum absolute atomic E-state index is 0.0556. The van der Waals surface area contributed by atoms with Crippen molar-refractivity contribution < 1.29 is 0 Å². The number of rotatable bonds is 3. The van der Waals surface area contributed by atoms with E-state index in [-0.39, 0.29) is 10.2 Å². The van der Waals surface area contributed by atoms with Gasteiger partial charge in [0, 0.05) is 49.8 Å². The van der Waals surface area contributed by atoms with E-state index in [9.17, 15) is 0 Å². The molecule has 1 fully saturated rings. The van der Waals surface area contributed by atoms with E-state index in [2.05, 4.69) is 157 Å². The molecule has 270 valence electrons. The molecule has 11 rings (SSSR count). The van der Waals surface area contributed by atoms with Crippen LogP contribution in [0.25, 0.3) is 5.57 Å². The number of anilines is 1. The number of allylic oxidation sites excluding steroid dienone is 19. The van der Waals surface area contributed by atoms with Crippen LogP contribution in [0, 0.1) is 29.1 Å². The van der Waals surface area contributed by atoms with Gasteiger partial charge in [-0.05, 0) is 129 Å². The second-order valence-electron chi connectivity index (χ2n) is 17.4. The molecule has 1 nitrogen and oxygen atoms in total. The first kappa shape index (κ1) is 33.2. The predicted molar refractivity (Wildman–Crippen MR) is 229 cm³/mol. The van der Waals surface area contributed by atoms with Gasteiger partial charge in [0.25, 0.3) is 0 Å². The van der Waals surface area contributed by atoms with Crippen LogP contribution in [-0.4, -0.2) is 21.3 Å². The van der Waals surface area contributed by atoms with Gasteiger partial charge < -0.3 is 4.90 Å². The van der Waals surface area contributed by atoms with Crippen molar-refractivity contribution in [1.82, 2.24) is 0 Å². The molecule has 1 aromatic carbocycles. The van der Waals surface area contributed by atoms with E-state index in [0.717, 1.165) is 25.7 Å². The highest BCUT2D eigenvalue weighted by Gasteiger charge is 2.66. The Balaban J connectivity index is 1.18. The van der Waals surface area contributed by atoms with E-state index in [0.29, 0.717) is 46.1 Å². The Kier molecular flexibility index (Phi) is 8.13. The fourth-order valence-corrected chi connectivity index (χ4v) is 16.5. The van der Waals surface area contributed by atoms with Gasteiger partial charge in [0.05, 0.1) is 5.69 Å². The van der Waals surface area contributed by atoms with E-state index in [1.807, 2.05) is 0 Å². The molecule has 53 heavy (non-hydrogen) atoms. The Bertz CT molecular complexity index is 2060. The summed E-state index contributed by atoms with van der Waals surface area (Å²) < 4.78 is 0.0795. The van der Waals surface area contributed by atoms with Crippen LogP contribution in [0.3, 0.4) is 0 Å². The molecule has 3 aliphatic heterocycles. The molecule has 0 N–H and O–H groups in total. The minimum atomic E-state index is -0.0556. The number of nitrogens with zero attached hydrogens (tertiary/aromatic N) is 1. The summed E-state index contributed by atoms with van der Waals surface area (Å²) in [7, 11) is 0. The van der Waals surface area contributed by atoms with E-state index >= 15 is 0 Å². The maximum atomic E-state index is 2.86. The van der Waals surface area contributed by atoms with Crippen molar-refractivity contribution in [2.24, 2.45) is 29.1 Å². The number of thioether (sulfide) groups is 2. The first-order chi connectivity index (χ1) is 26.2. The van der Waals surface area contributed by atoms with Crippen molar-refractivity contribution in [3.05, 3.63) is 154 Å². The van der Waals surface area contributed by atoms with Gasteiger partial charge in [-0.15, -0.1) is 23.5 Å². The third kappa shape index (κ3) is 4.91. The van der Waals surface area contributed by atoms with Crippen LogP contribution in [0.15, 0.2) is 143 Å². The van der Waals surface area contributed by atoms with Gasteiger partial charge in [-0.1, -0.05) is 115 Å². The van der Waals surface area contributed by atoms with E-state index < -0.39 is 0 Å². The summed E-state index contributed by atoms with van der Waals surface area (Å²) in [6.07, 6.45) is 55.8. The Labute approximate surface area is 326 Å². The van der Waals surface area contributed by atoms with Crippen molar-refractivity contribution in [3.8, 4) is 0 Å². The van der Waals surface area contributed by atoms with Crippen molar-refractivity contribution in [2.45, 2.75) is 105 Å². The Morgan fingerprint density at radius 1 is 0.792 bits per heavy atom. The van der Waals surface area contributed by atoms with Gasteiger partial charge in [-0.2, -0.15) is 0 Å². The molecule has 1 saturated heterocycles. The smallest absolute Gasteiger partial charge is 0.0530 e. The average Bonchev–Trinajstić information content (AvgIpc) is 3.55. The van der Waals surface area contributed by atoms with Gasteiger partial charge >= 0.3 is 0 Å². The molecule has 0 aromatic heterocycles. The second-order valence-corrected chi connectivity index (χ2v) is 20.5. The van der Waals surface area contributed by atoms with E-state index in [1.54, 1.807) is 27.2 Å². The molecular weight excluding hydrogens is 679 g/mol. The monoisotopic (exact) mass is 731 g/mol. The molecule has 1 spiro atoms. The number of para-hydroxylation sites is 1. The number of hydrogen-bond acceptors (Lipinski definition) is 3. The lowest BCUT2D eigenvalue weighted by Gasteiger charge is -2.66. The fourth-order valence-electron chi connectivity index (χ4n) is 12.9. The van der Waals surface area contributed by atoms with Crippen LogP contribution in [0.1, 0.15) is 94.6 Å². The summed E-state index contributed by atoms with van der Waals surface area (Å²) in [5.41, 5.74) is 11.1. The summed E-state index contributed by atoms with van der Waals surface area (Å²) in [4.78, 5) is 4.58. The van der Waals surface area contributed by atoms with Crippen LogP contribution in [0.2, 0.25) is 0 Å². The first-order valence-electron chi connectivity index (χ1n) is 20.9. The summed E-state index contributed by atoms with van der Waals surface area (Å²) in [6.45, 7) is 2.63. The van der Waals surface area contributed by atoms with Gasteiger partial charge in [0.1, 0.15) is 0 Å². The highest BCUT2D eigenvalue weighted by atomic mass is 32.2. The predicted octanol–water partition coefficient (Wildman–Crippen LogP) is 13.1. The summed E-state index contributed by atoms with van der Waals surface area (Å²) in [5.74, 6) is 2.69. The van der Waals surface area contributed by atoms with Gasteiger partial charge in [0.15, 0.2) is 0 Å². The average molecular weight is 732 g/mol. The maximum Gasteiger partial charge on any atom is 0.0530 e. The van der Waals surface area contributed by atoms with Crippen LogP contribution in [0.4, 0.5) is 5.69 Å². The lowest BCUT2D eigenvalue weighted by molar-refractivity contribution is 0.0839. The molecule has 0 amide bonds. The van der Waals surface area contributed by atoms with Gasteiger partial charge in [-0.25, -0.2) is 0 Å². The molecular formula is C50H53NS2. The Morgan fingerprint density at radius 3 is 2.62 bits per heavy atom. The van der Waals surface area contributed by atoms with Crippen molar-refractivity contribution in [2.75, 3.05) is 4.90 Å². The summed E-state index contributed by atoms with van der Waals surface area (Å²) in [6, 6.07) is 7.96. The number of fused-ring (bicyclic) bond motifs is 10. The highest BCUT2D eigenvalue weighted by molar-refractivity contribution is 8.04. The lowest BCUT2D eigenvalue weighted by atomic mass is 9.46. The quantitative estimate of drug-likeness (QED) is 0.285. The molecule has 3 heteroatoms. The zero-order chi connectivity index (χ0) is 35.1. The molecule has 10 unspecified atom stereocenters. The van der Waals surface area contributed by atoms with Crippen molar-refractivity contribution in [1.29, 1.82) is 0 Å². The second kappa shape index (κ2) is 13.0. The van der Waals surface area contributed by atoms with Crippen molar-refractivity contribution in [3.63, 3.8) is 0 Å². The zero-order valence-electron chi connectivity index (χ0n) is 31.2. The van der Waals surface area contributed by atoms with Crippen LogP contribution in [-0.2, 0) is 0 Å². The van der Waals surface area contributed by atoms with Crippen LogP contribution >= 0.6 is 23.5 Å². The normalized spacial score (nSPS) is 40.2. The fraction of sp³-hybridized carbons (Fsp3) is 0.440. The first-order valence-corrected chi connectivity index (χ1v) is 22.7. The van der Waals surface area contributed by atoms with E-state index in [4.69, 9.17) is 0 Å². The van der Waals surface area contributed by atoms with Crippen molar-refractivity contribution >= 4 is 34.8 Å². The van der Waals surface area contributed by atoms with Gasteiger partial charge in [0.2, 0.25) is 0 Å². The molecule has 1 aromatic rings. The lowest BCUT2D eigenvalue weighted by Crippen LogP contribution is -2.61. The van der Waals surface area contributed by atoms with Crippen LogP contribution < -0.4 is 4.90 Å². The number of benzene rings is 1. The zero-order valence-corrected chi connectivity index (χ0v) is 32.8. The minimum Gasteiger partial charge on any atom is -0.340 e. The van der Waals surface area contributed by atoms with Gasteiger partial charge in [-0.3, -0.25) is 0 Å². The third-order valence-electron chi connectivity index (χ3n) is 14.8. The summed E-state index contributed by atoms with van der Waals surface area (Å²) >= 11 is 4.62. The molecule has 10 atom stereocenters.